The molecule has 0 bridgehead atoms. The molecule has 1 nitrogen and oxygen atoms in total. The number of benzene rings is 1. The van der Waals surface area contributed by atoms with Crippen molar-refractivity contribution in [2.75, 3.05) is 13.1 Å². The quantitative estimate of drug-likeness (QED) is 0.767. The molecule has 0 spiro atoms. The fourth-order valence-electron chi connectivity index (χ4n) is 1.44. The van der Waals surface area contributed by atoms with Gasteiger partial charge in [0.1, 0.15) is 0 Å². The molecule has 0 saturated carbocycles. The first-order valence-electron chi connectivity index (χ1n) is 5.41. The molecule has 1 rings (SSSR count). The van der Waals surface area contributed by atoms with E-state index in [-0.39, 0.29) is 0 Å². The first kappa shape index (κ1) is 13.0. The van der Waals surface area contributed by atoms with E-state index in [1.165, 1.54) is 12.1 Å². The van der Waals surface area contributed by atoms with Gasteiger partial charge in [0.2, 0.25) is 0 Å². The average molecular weight is 231 g/mol. The zero-order valence-electron chi connectivity index (χ0n) is 9.27. The van der Waals surface area contributed by atoms with Crippen LogP contribution in [0.2, 0.25) is 0 Å². The minimum absolute atomic E-state index is 0.569. The Hall–Kier alpha value is -1.03. The molecule has 0 atom stereocenters. The maximum Gasteiger partial charge on any atom is 0.416 e. The van der Waals surface area contributed by atoms with Crippen LogP contribution in [-0.4, -0.2) is 13.1 Å². The Bertz CT molecular complexity index is 320. The summed E-state index contributed by atoms with van der Waals surface area (Å²) in [6, 6.07) is 5.50. The first-order chi connectivity index (χ1) is 7.54. The van der Waals surface area contributed by atoms with Gasteiger partial charge in [0, 0.05) is 0 Å². The Morgan fingerprint density at radius 3 is 2.56 bits per heavy atom. The molecule has 0 fully saturated rings. The number of rotatable bonds is 5. The number of alkyl halides is 3. The molecule has 90 valence electrons. The lowest BCUT2D eigenvalue weighted by atomic mass is 10.1. The molecule has 16 heavy (non-hydrogen) atoms. The highest BCUT2D eigenvalue weighted by atomic mass is 19.4. The van der Waals surface area contributed by atoms with Gasteiger partial charge in [0.15, 0.2) is 0 Å². The Labute approximate surface area is 93.7 Å². The molecule has 1 aromatic rings. The highest BCUT2D eigenvalue weighted by Crippen LogP contribution is 2.29. The largest absolute Gasteiger partial charge is 0.416 e. The number of hydrogen-bond acceptors (Lipinski definition) is 1. The van der Waals surface area contributed by atoms with E-state index in [0.29, 0.717) is 6.42 Å². The molecular weight excluding hydrogens is 215 g/mol. The predicted molar refractivity (Wildman–Crippen MR) is 58.3 cm³/mol. The molecule has 0 aromatic heterocycles. The van der Waals surface area contributed by atoms with E-state index < -0.39 is 11.7 Å². The van der Waals surface area contributed by atoms with Crippen molar-refractivity contribution in [2.45, 2.75) is 25.9 Å². The van der Waals surface area contributed by atoms with E-state index in [1.807, 2.05) is 0 Å². The van der Waals surface area contributed by atoms with Gasteiger partial charge in [0.05, 0.1) is 5.56 Å². The highest BCUT2D eigenvalue weighted by molar-refractivity contribution is 5.25. The summed E-state index contributed by atoms with van der Waals surface area (Å²) in [5.41, 5.74) is 0.152. The second kappa shape index (κ2) is 5.89. The molecule has 0 amide bonds. The summed E-state index contributed by atoms with van der Waals surface area (Å²) in [5, 5.41) is 3.16. The summed E-state index contributed by atoms with van der Waals surface area (Å²) < 4.78 is 37.2. The predicted octanol–water partition coefficient (Wildman–Crippen LogP) is 3.25. The van der Waals surface area contributed by atoms with Gasteiger partial charge in [-0.1, -0.05) is 25.1 Å². The fraction of sp³-hybridized carbons (Fsp3) is 0.500. The van der Waals surface area contributed by atoms with E-state index >= 15 is 0 Å². The van der Waals surface area contributed by atoms with Gasteiger partial charge in [-0.25, -0.2) is 0 Å². The maximum atomic E-state index is 12.4. The SMILES string of the molecule is CCCNCCc1cccc(C(F)(F)F)c1. The third-order valence-electron chi connectivity index (χ3n) is 2.27. The van der Waals surface area contributed by atoms with Crippen LogP contribution in [0.5, 0.6) is 0 Å². The van der Waals surface area contributed by atoms with Crippen molar-refractivity contribution < 1.29 is 13.2 Å². The van der Waals surface area contributed by atoms with Crippen molar-refractivity contribution >= 4 is 0 Å². The summed E-state index contributed by atoms with van der Waals surface area (Å²) in [5.74, 6) is 0. The molecule has 0 aliphatic rings. The zero-order chi connectivity index (χ0) is 12.0. The van der Waals surface area contributed by atoms with Crippen LogP contribution in [0.25, 0.3) is 0 Å². The molecule has 0 saturated heterocycles. The normalized spacial score (nSPS) is 11.8. The molecular formula is C12H16F3N. The van der Waals surface area contributed by atoms with Crippen LogP contribution in [0.15, 0.2) is 24.3 Å². The summed E-state index contributed by atoms with van der Waals surface area (Å²) in [6.07, 6.45) is -2.58. The first-order valence-corrected chi connectivity index (χ1v) is 5.41. The van der Waals surface area contributed by atoms with Crippen LogP contribution in [0.4, 0.5) is 13.2 Å². The van der Waals surface area contributed by atoms with Crippen LogP contribution in [0.3, 0.4) is 0 Å². The fourth-order valence-corrected chi connectivity index (χ4v) is 1.44. The third kappa shape index (κ3) is 4.23. The van der Waals surface area contributed by atoms with Crippen molar-refractivity contribution in [3.63, 3.8) is 0 Å². The second-order valence-corrected chi connectivity index (χ2v) is 3.70. The van der Waals surface area contributed by atoms with Crippen molar-refractivity contribution in [2.24, 2.45) is 0 Å². The zero-order valence-corrected chi connectivity index (χ0v) is 9.27. The lowest BCUT2D eigenvalue weighted by molar-refractivity contribution is -0.137. The second-order valence-electron chi connectivity index (χ2n) is 3.70. The van der Waals surface area contributed by atoms with Gasteiger partial charge >= 0.3 is 6.18 Å². The smallest absolute Gasteiger partial charge is 0.316 e. The van der Waals surface area contributed by atoms with E-state index in [9.17, 15) is 13.2 Å². The molecule has 1 N–H and O–H groups in total. The monoisotopic (exact) mass is 231 g/mol. The minimum Gasteiger partial charge on any atom is -0.316 e. The van der Waals surface area contributed by atoms with Gasteiger partial charge in [-0.05, 0) is 37.6 Å². The number of hydrogen-bond donors (Lipinski definition) is 1. The van der Waals surface area contributed by atoms with Crippen molar-refractivity contribution in [3.8, 4) is 0 Å². The Morgan fingerprint density at radius 1 is 1.19 bits per heavy atom. The van der Waals surface area contributed by atoms with Crippen LogP contribution in [0, 0.1) is 0 Å². The summed E-state index contributed by atoms with van der Waals surface area (Å²) >= 11 is 0. The molecule has 1 aromatic carbocycles. The molecule has 0 heterocycles. The number of halogens is 3. The van der Waals surface area contributed by atoms with Crippen LogP contribution < -0.4 is 5.32 Å². The lowest BCUT2D eigenvalue weighted by Gasteiger charge is -2.09. The topological polar surface area (TPSA) is 12.0 Å². The summed E-state index contributed by atoms with van der Waals surface area (Å²) in [6.45, 7) is 3.67. The van der Waals surface area contributed by atoms with Gasteiger partial charge in [-0.3, -0.25) is 0 Å². The summed E-state index contributed by atoms with van der Waals surface area (Å²) in [4.78, 5) is 0. The maximum absolute atomic E-state index is 12.4. The van der Waals surface area contributed by atoms with E-state index in [1.54, 1.807) is 6.07 Å². The third-order valence-corrected chi connectivity index (χ3v) is 2.27. The molecule has 0 radical (unpaired) electrons. The molecule has 0 aliphatic carbocycles. The highest BCUT2D eigenvalue weighted by Gasteiger charge is 2.30. The lowest BCUT2D eigenvalue weighted by Crippen LogP contribution is -2.18. The van der Waals surface area contributed by atoms with Gasteiger partial charge < -0.3 is 5.32 Å². The van der Waals surface area contributed by atoms with Crippen molar-refractivity contribution in [1.29, 1.82) is 0 Å². The Balaban J connectivity index is 2.54. The average Bonchev–Trinajstić information content (AvgIpc) is 2.24. The van der Waals surface area contributed by atoms with E-state index in [2.05, 4.69) is 12.2 Å². The van der Waals surface area contributed by atoms with E-state index in [4.69, 9.17) is 0 Å². The minimum atomic E-state index is -4.24. The van der Waals surface area contributed by atoms with Gasteiger partial charge in [-0.15, -0.1) is 0 Å². The Kier molecular flexibility index (Phi) is 4.80. The van der Waals surface area contributed by atoms with Crippen LogP contribution >= 0.6 is 0 Å². The summed E-state index contributed by atoms with van der Waals surface area (Å²) in [7, 11) is 0. The molecule has 4 heteroatoms. The van der Waals surface area contributed by atoms with Gasteiger partial charge in [0.25, 0.3) is 0 Å². The van der Waals surface area contributed by atoms with Crippen LogP contribution in [-0.2, 0) is 12.6 Å². The molecule has 0 unspecified atom stereocenters. The van der Waals surface area contributed by atoms with Crippen LogP contribution in [0.1, 0.15) is 24.5 Å². The van der Waals surface area contributed by atoms with E-state index in [0.717, 1.165) is 31.1 Å². The number of nitrogens with one attached hydrogen (secondary N) is 1. The Morgan fingerprint density at radius 2 is 1.94 bits per heavy atom. The molecule has 0 aliphatic heterocycles. The standard InChI is InChI=1S/C12H16F3N/c1-2-7-16-8-6-10-4-3-5-11(9-10)12(13,14)15/h3-5,9,16H,2,6-8H2,1H3. The van der Waals surface area contributed by atoms with Crippen molar-refractivity contribution in [3.05, 3.63) is 35.4 Å². The van der Waals surface area contributed by atoms with Crippen molar-refractivity contribution in [1.82, 2.24) is 5.32 Å². The van der Waals surface area contributed by atoms with Gasteiger partial charge in [-0.2, -0.15) is 13.2 Å².